The Morgan fingerprint density at radius 3 is 2.69 bits per heavy atom. The van der Waals surface area contributed by atoms with E-state index in [-0.39, 0.29) is 35.6 Å². The molecule has 0 aromatic carbocycles. The van der Waals surface area contributed by atoms with Crippen LogP contribution in [-0.4, -0.2) is 39.1 Å². The van der Waals surface area contributed by atoms with Gasteiger partial charge in [0.25, 0.3) is 0 Å². The summed E-state index contributed by atoms with van der Waals surface area (Å²) in [4.78, 5) is 4.35. The second kappa shape index (κ2) is 6.90. The van der Waals surface area contributed by atoms with Crippen LogP contribution in [0.5, 0.6) is 0 Å². The van der Waals surface area contributed by atoms with E-state index in [1.807, 2.05) is 12.3 Å². The summed E-state index contributed by atoms with van der Waals surface area (Å²) in [5, 5.41) is 32.3. The number of pyridine rings is 1. The molecule has 4 aliphatic rings. The average molecular weight is 398 g/mol. The minimum Gasteiger partial charge on any atom is -0.395 e. The lowest BCUT2D eigenvalue weighted by Crippen LogP contribution is -2.59. The number of fused-ring (bicyclic) bond motifs is 5. The standard InChI is InChI=1S/C25H35NO3/c1-15-10-20-22-19(24(2)7-5-18(28)11-17(24)12-21(22)29)6-8-25(20,14-27)23(15)16-4-3-9-26-13-16/h3-4,9,13,17-22,27-29H,5-8,10-12,14H2,1-2H3. The van der Waals surface area contributed by atoms with Crippen molar-refractivity contribution in [3.8, 4) is 0 Å². The summed E-state index contributed by atoms with van der Waals surface area (Å²) in [6.45, 7) is 4.79. The van der Waals surface area contributed by atoms with Gasteiger partial charge < -0.3 is 15.3 Å². The number of aromatic nitrogens is 1. The maximum Gasteiger partial charge on any atom is 0.0577 e. The lowest BCUT2D eigenvalue weighted by atomic mass is 9.43. The fourth-order valence-electron chi connectivity index (χ4n) is 8.26. The van der Waals surface area contributed by atoms with Crippen molar-refractivity contribution in [1.29, 1.82) is 0 Å². The number of aliphatic hydroxyl groups excluding tert-OH is 3. The van der Waals surface area contributed by atoms with Crippen LogP contribution in [0.3, 0.4) is 0 Å². The maximum absolute atomic E-state index is 11.3. The van der Waals surface area contributed by atoms with Crippen molar-refractivity contribution in [3.05, 3.63) is 35.7 Å². The smallest absolute Gasteiger partial charge is 0.0577 e. The zero-order chi connectivity index (χ0) is 20.4. The van der Waals surface area contributed by atoms with Crippen LogP contribution in [0.15, 0.2) is 30.1 Å². The molecule has 29 heavy (non-hydrogen) atoms. The molecular formula is C25H35NO3. The molecule has 0 spiro atoms. The minimum absolute atomic E-state index is 0.147. The summed E-state index contributed by atoms with van der Waals surface area (Å²) in [6.07, 6.45) is 9.79. The molecule has 1 aromatic rings. The quantitative estimate of drug-likeness (QED) is 0.709. The molecule has 8 unspecified atom stereocenters. The van der Waals surface area contributed by atoms with Gasteiger partial charge in [-0.15, -0.1) is 0 Å². The van der Waals surface area contributed by atoms with E-state index in [1.54, 1.807) is 6.20 Å². The highest BCUT2D eigenvalue weighted by Crippen LogP contribution is 2.68. The third kappa shape index (κ3) is 2.72. The lowest BCUT2D eigenvalue weighted by molar-refractivity contribution is -0.169. The van der Waals surface area contributed by atoms with E-state index in [0.29, 0.717) is 17.8 Å². The van der Waals surface area contributed by atoms with Crippen LogP contribution in [0.25, 0.3) is 5.57 Å². The molecule has 3 saturated carbocycles. The van der Waals surface area contributed by atoms with Crippen molar-refractivity contribution in [2.45, 2.75) is 71.0 Å². The van der Waals surface area contributed by atoms with Gasteiger partial charge in [0.05, 0.1) is 18.8 Å². The fraction of sp³-hybridized carbons (Fsp3) is 0.720. The third-order valence-electron chi connectivity index (χ3n) is 9.55. The second-order valence-electron chi connectivity index (χ2n) is 10.7. The van der Waals surface area contributed by atoms with Crippen molar-refractivity contribution in [2.24, 2.45) is 34.5 Å². The number of rotatable bonds is 2. The van der Waals surface area contributed by atoms with Crippen LogP contribution in [0, 0.1) is 34.5 Å². The summed E-state index contributed by atoms with van der Waals surface area (Å²) >= 11 is 0. The second-order valence-corrected chi connectivity index (χ2v) is 10.7. The summed E-state index contributed by atoms with van der Waals surface area (Å²) in [5.41, 5.74) is 3.73. The molecule has 8 atom stereocenters. The normalized spacial score (nSPS) is 46.8. The number of aliphatic hydroxyl groups is 3. The first-order valence-electron chi connectivity index (χ1n) is 11.5. The molecule has 158 valence electrons. The van der Waals surface area contributed by atoms with Gasteiger partial charge in [-0.3, -0.25) is 4.98 Å². The third-order valence-corrected chi connectivity index (χ3v) is 9.55. The van der Waals surface area contributed by atoms with Crippen LogP contribution in [-0.2, 0) is 0 Å². The molecule has 4 aliphatic carbocycles. The Hall–Kier alpha value is -1.23. The largest absolute Gasteiger partial charge is 0.395 e. The van der Waals surface area contributed by atoms with Gasteiger partial charge in [0.1, 0.15) is 0 Å². The molecule has 0 radical (unpaired) electrons. The van der Waals surface area contributed by atoms with Crippen molar-refractivity contribution in [2.75, 3.05) is 6.61 Å². The SMILES string of the molecule is CC1=C(c2cccnc2)C2(CO)CCC3C(C(O)CC4CC(O)CCC43C)C2C1. The molecular weight excluding hydrogens is 362 g/mol. The van der Waals surface area contributed by atoms with Gasteiger partial charge in [0, 0.05) is 17.8 Å². The molecule has 0 saturated heterocycles. The Labute approximate surface area is 174 Å². The van der Waals surface area contributed by atoms with Crippen LogP contribution >= 0.6 is 0 Å². The maximum atomic E-state index is 11.3. The lowest BCUT2D eigenvalue weighted by Gasteiger charge is -2.62. The minimum atomic E-state index is -0.333. The van der Waals surface area contributed by atoms with Crippen molar-refractivity contribution < 1.29 is 15.3 Å². The van der Waals surface area contributed by atoms with Gasteiger partial charge in [0.2, 0.25) is 0 Å². The highest BCUT2D eigenvalue weighted by Gasteiger charge is 2.63. The Morgan fingerprint density at radius 2 is 1.97 bits per heavy atom. The van der Waals surface area contributed by atoms with E-state index in [9.17, 15) is 15.3 Å². The molecule has 1 aromatic heterocycles. The van der Waals surface area contributed by atoms with E-state index in [0.717, 1.165) is 50.5 Å². The predicted molar refractivity (Wildman–Crippen MR) is 113 cm³/mol. The summed E-state index contributed by atoms with van der Waals surface area (Å²) in [5.74, 6) is 1.42. The molecule has 1 heterocycles. The summed E-state index contributed by atoms with van der Waals surface area (Å²) in [6, 6.07) is 4.10. The molecule has 0 amide bonds. The van der Waals surface area contributed by atoms with E-state index in [4.69, 9.17) is 0 Å². The first-order chi connectivity index (χ1) is 13.9. The zero-order valence-corrected chi connectivity index (χ0v) is 17.7. The molecule has 3 N–H and O–H groups in total. The molecule has 0 aliphatic heterocycles. The fourth-order valence-corrected chi connectivity index (χ4v) is 8.26. The first kappa shape index (κ1) is 19.7. The highest BCUT2D eigenvalue weighted by molar-refractivity contribution is 5.75. The van der Waals surface area contributed by atoms with Crippen LogP contribution in [0.2, 0.25) is 0 Å². The van der Waals surface area contributed by atoms with Crippen molar-refractivity contribution in [3.63, 3.8) is 0 Å². The molecule has 4 nitrogen and oxygen atoms in total. The number of hydrogen-bond donors (Lipinski definition) is 3. The van der Waals surface area contributed by atoms with E-state index < -0.39 is 0 Å². The average Bonchev–Trinajstić information content (AvgIpc) is 3.02. The topological polar surface area (TPSA) is 73.6 Å². The van der Waals surface area contributed by atoms with Gasteiger partial charge >= 0.3 is 0 Å². The predicted octanol–water partition coefficient (Wildman–Crippen LogP) is 3.81. The summed E-state index contributed by atoms with van der Waals surface area (Å²) < 4.78 is 0. The summed E-state index contributed by atoms with van der Waals surface area (Å²) in [7, 11) is 0. The molecule has 3 fully saturated rings. The Kier molecular flexibility index (Phi) is 4.69. The van der Waals surface area contributed by atoms with Crippen LogP contribution in [0.4, 0.5) is 0 Å². The zero-order valence-electron chi connectivity index (χ0n) is 17.7. The Morgan fingerprint density at radius 1 is 1.14 bits per heavy atom. The molecule has 4 heteroatoms. The van der Waals surface area contributed by atoms with Crippen molar-refractivity contribution in [1.82, 2.24) is 4.98 Å². The van der Waals surface area contributed by atoms with Gasteiger partial charge in [-0.2, -0.15) is 0 Å². The van der Waals surface area contributed by atoms with Crippen LogP contribution < -0.4 is 0 Å². The number of nitrogens with zero attached hydrogens (tertiary/aromatic N) is 1. The first-order valence-corrected chi connectivity index (χ1v) is 11.5. The van der Waals surface area contributed by atoms with E-state index in [1.165, 1.54) is 11.1 Å². The van der Waals surface area contributed by atoms with Gasteiger partial charge in [0.15, 0.2) is 0 Å². The van der Waals surface area contributed by atoms with Crippen molar-refractivity contribution >= 4 is 5.57 Å². The molecule has 5 rings (SSSR count). The molecule has 0 bridgehead atoms. The van der Waals surface area contributed by atoms with Gasteiger partial charge in [-0.05, 0) is 98.2 Å². The Balaban J connectivity index is 1.54. The highest BCUT2D eigenvalue weighted by atomic mass is 16.3. The number of allylic oxidation sites excluding steroid dienone is 1. The van der Waals surface area contributed by atoms with Crippen LogP contribution in [0.1, 0.15) is 64.4 Å². The Bertz CT molecular complexity index is 808. The van der Waals surface area contributed by atoms with E-state index in [2.05, 4.69) is 24.9 Å². The monoisotopic (exact) mass is 397 g/mol. The van der Waals surface area contributed by atoms with Gasteiger partial charge in [-0.25, -0.2) is 0 Å². The van der Waals surface area contributed by atoms with Gasteiger partial charge in [-0.1, -0.05) is 18.6 Å². The van der Waals surface area contributed by atoms with E-state index >= 15 is 0 Å². The number of hydrogen-bond acceptors (Lipinski definition) is 4.